The number of carboxylic acid groups (broad SMARTS) is 1. The highest BCUT2D eigenvalue weighted by Crippen LogP contribution is 2.07. The van der Waals surface area contributed by atoms with E-state index in [-0.39, 0.29) is 24.5 Å². The summed E-state index contributed by atoms with van der Waals surface area (Å²) in [7, 11) is 0. The van der Waals surface area contributed by atoms with E-state index in [9.17, 15) is 9.59 Å². The first-order valence-corrected chi connectivity index (χ1v) is 6.30. The van der Waals surface area contributed by atoms with E-state index >= 15 is 0 Å². The van der Waals surface area contributed by atoms with Crippen LogP contribution in [0.4, 0.5) is 0 Å². The van der Waals surface area contributed by atoms with Crippen molar-refractivity contribution in [2.45, 2.75) is 12.8 Å². The Labute approximate surface area is 116 Å². The molecule has 20 heavy (non-hydrogen) atoms. The summed E-state index contributed by atoms with van der Waals surface area (Å²) >= 11 is 0. The molecule has 0 atom stereocenters. The van der Waals surface area contributed by atoms with Crippen molar-refractivity contribution >= 4 is 11.9 Å². The number of aliphatic hydroxyl groups is 2. The number of aliphatic hydroxyl groups excluding tert-OH is 2. The lowest BCUT2D eigenvalue weighted by molar-refractivity contribution is 0.0696. The zero-order valence-electron chi connectivity index (χ0n) is 11.0. The number of carboxylic acids is 1. The molecule has 0 aliphatic heterocycles. The fourth-order valence-corrected chi connectivity index (χ4v) is 1.68. The molecule has 0 saturated carbocycles. The van der Waals surface area contributed by atoms with E-state index < -0.39 is 11.9 Å². The molecule has 0 unspecified atom stereocenters. The Morgan fingerprint density at radius 3 is 2.25 bits per heavy atom. The van der Waals surface area contributed by atoms with E-state index in [0.29, 0.717) is 25.9 Å². The third-order valence-corrected chi connectivity index (χ3v) is 2.69. The number of aromatic nitrogens is 1. The Morgan fingerprint density at radius 2 is 1.75 bits per heavy atom. The smallest absolute Gasteiger partial charge is 0.335 e. The van der Waals surface area contributed by atoms with Crippen LogP contribution >= 0.6 is 0 Å². The zero-order valence-corrected chi connectivity index (χ0v) is 11.0. The molecule has 0 spiro atoms. The summed E-state index contributed by atoms with van der Waals surface area (Å²) in [6.45, 7) is 0.555. The SMILES string of the molecule is O=C(O)c1ccnc(C(=O)N(CCCO)CCCO)c1. The van der Waals surface area contributed by atoms with Crippen LogP contribution in [0.15, 0.2) is 18.3 Å². The Kier molecular flexibility index (Phi) is 6.61. The van der Waals surface area contributed by atoms with Crippen LogP contribution in [0.2, 0.25) is 0 Å². The van der Waals surface area contributed by atoms with Gasteiger partial charge in [-0.3, -0.25) is 9.78 Å². The number of aromatic carboxylic acids is 1. The molecule has 3 N–H and O–H groups in total. The summed E-state index contributed by atoms with van der Waals surface area (Å²) in [5.41, 5.74) is 0.0356. The third kappa shape index (κ3) is 4.60. The molecule has 0 saturated heterocycles. The largest absolute Gasteiger partial charge is 0.478 e. The van der Waals surface area contributed by atoms with Gasteiger partial charge in [-0.2, -0.15) is 0 Å². The van der Waals surface area contributed by atoms with Crippen LogP contribution in [0, 0.1) is 0 Å². The maximum atomic E-state index is 12.2. The predicted molar refractivity (Wildman–Crippen MR) is 70.5 cm³/mol. The average molecular weight is 282 g/mol. The van der Waals surface area contributed by atoms with Gasteiger partial charge in [0.25, 0.3) is 5.91 Å². The van der Waals surface area contributed by atoms with E-state index in [1.807, 2.05) is 0 Å². The molecule has 1 aromatic heterocycles. The van der Waals surface area contributed by atoms with E-state index in [4.69, 9.17) is 15.3 Å². The molecule has 7 nitrogen and oxygen atoms in total. The Hall–Kier alpha value is -1.99. The van der Waals surface area contributed by atoms with Crippen molar-refractivity contribution in [1.29, 1.82) is 0 Å². The van der Waals surface area contributed by atoms with Crippen molar-refractivity contribution in [2.24, 2.45) is 0 Å². The summed E-state index contributed by atoms with van der Waals surface area (Å²) in [6, 6.07) is 2.53. The number of hydrogen-bond donors (Lipinski definition) is 3. The maximum absolute atomic E-state index is 12.2. The first-order chi connectivity index (χ1) is 9.60. The summed E-state index contributed by atoms with van der Waals surface area (Å²) in [6.07, 6.45) is 2.10. The van der Waals surface area contributed by atoms with Gasteiger partial charge in [0.2, 0.25) is 0 Å². The second-order valence-electron chi connectivity index (χ2n) is 4.18. The van der Waals surface area contributed by atoms with Crippen LogP contribution < -0.4 is 0 Å². The topological polar surface area (TPSA) is 111 Å². The number of carbonyl (C=O) groups is 2. The van der Waals surface area contributed by atoms with Crippen molar-refractivity contribution in [1.82, 2.24) is 9.88 Å². The second kappa shape index (κ2) is 8.23. The van der Waals surface area contributed by atoms with Gasteiger partial charge in [-0.1, -0.05) is 0 Å². The highest BCUT2D eigenvalue weighted by Gasteiger charge is 2.17. The highest BCUT2D eigenvalue weighted by molar-refractivity contribution is 5.95. The van der Waals surface area contributed by atoms with Crippen molar-refractivity contribution in [3.8, 4) is 0 Å². The van der Waals surface area contributed by atoms with Crippen LogP contribution in [0.1, 0.15) is 33.7 Å². The molecule has 0 bridgehead atoms. The van der Waals surface area contributed by atoms with Crippen LogP contribution in [0.5, 0.6) is 0 Å². The van der Waals surface area contributed by atoms with Gasteiger partial charge in [-0.25, -0.2) is 4.79 Å². The number of nitrogens with zero attached hydrogens (tertiary/aromatic N) is 2. The minimum absolute atomic E-state index is 0.00684. The van der Waals surface area contributed by atoms with E-state index in [1.165, 1.54) is 23.2 Å². The first kappa shape index (κ1) is 16.1. The quantitative estimate of drug-likeness (QED) is 0.618. The lowest BCUT2D eigenvalue weighted by Crippen LogP contribution is -2.34. The molecular formula is C13H18N2O5. The molecule has 0 aliphatic rings. The van der Waals surface area contributed by atoms with Crippen LogP contribution in [0.25, 0.3) is 0 Å². The lowest BCUT2D eigenvalue weighted by atomic mass is 10.2. The molecule has 0 aromatic carbocycles. The number of rotatable bonds is 8. The minimum Gasteiger partial charge on any atom is -0.478 e. The zero-order chi connectivity index (χ0) is 15.0. The van der Waals surface area contributed by atoms with Crippen molar-refractivity contribution in [2.75, 3.05) is 26.3 Å². The number of carbonyl (C=O) groups excluding carboxylic acids is 1. The van der Waals surface area contributed by atoms with Crippen LogP contribution in [-0.2, 0) is 0 Å². The van der Waals surface area contributed by atoms with Gasteiger partial charge in [0.05, 0.1) is 5.56 Å². The normalized spacial score (nSPS) is 10.3. The fourth-order valence-electron chi connectivity index (χ4n) is 1.68. The van der Waals surface area contributed by atoms with Crippen LogP contribution in [-0.4, -0.2) is 63.4 Å². The third-order valence-electron chi connectivity index (χ3n) is 2.69. The van der Waals surface area contributed by atoms with Gasteiger partial charge in [-0.15, -0.1) is 0 Å². The number of hydrogen-bond acceptors (Lipinski definition) is 5. The molecule has 0 radical (unpaired) electrons. The van der Waals surface area contributed by atoms with Gasteiger partial charge >= 0.3 is 5.97 Å². The van der Waals surface area contributed by atoms with Gasteiger partial charge in [0.15, 0.2) is 0 Å². The Morgan fingerprint density at radius 1 is 1.15 bits per heavy atom. The molecule has 7 heteroatoms. The summed E-state index contributed by atoms with van der Waals surface area (Å²) in [5, 5.41) is 26.6. The monoisotopic (exact) mass is 282 g/mol. The molecule has 110 valence electrons. The Balaban J connectivity index is 2.86. The molecule has 1 heterocycles. The lowest BCUT2D eigenvalue weighted by Gasteiger charge is -2.21. The van der Waals surface area contributed by atoms with Crippen molar-refractivity contribution in [3.63, 3.8) is 0 Å². The molecule has 1 amide bonds. The number of amides is 1. The fraction of sp³-hybridized carbons (Fsp3) is 0.462. The molecule has 1 rings (SSSR count). The molecular weight excluding hydrogens is 264 g/mol. The van der Waals surface area contributed by atoms with Gasteiger partial charge in [0.1, 0.15) is 5.69 Å². The van der Waals surface area contributed by atoms with Crippen molar-refractivity contribution in [3.05, 3.63) is 29.6 Å². The van der Waals surface area contributed by atoms with E-state index in [0.717, 1.165) is 0 Å². The molecule has 0 fully saturated rings. The van der Waals surface area contributed by atoms with Crippen LogP contribution in [0.3, 0.4) is 0 Å². The standard InChI is InChI=1S/C13H18N2O5/c16-7-1-5-15(6-2-8-17)12(18)11-9-10(13(19)20)3-4-14-11/h3-4,9,16-17H,1-2,5-8H2,(H,19,20). The number of pyridine rings is 1. The first-order valence-electron chi connectivity index (χ1n) is 6.30. The Bertz CT molecular complexity index is 456. The summed E-state index contributed by atoms with van der Waals surface area (Å²) < 4.78 is 0. The predicted octanol–water partition coefficient (Wildman–Crippen LogP) is -0.0132. The molecule has 1 aromatic rings. The van der Waals surface area contributed by atoms with Gasteiger partial charge < -0.3 is 20.2 Å². The summed E-state index contributed by atoms with van der Waals surface area (Å²) in [5.74, 6) is -1.53. The maximum Gasteiger partial charge on any atom is 0.335 e. The van der Waals surface area contributed by atoms with Gasteiger partial charge in [0, 0.05) is 32.5 Å². The average Bonchev–Trinajstić information content (AvgIpc) is 2.47. The highest BCUT2D eigenvalue weighted by atomic mass is 16.4. The van der Waals surface area contributed by atoms with E-state index in [1.54, 1.807) is 0 Å². The van der Waals surface area contributed by atoms with Gasteiger partial charge in [-0.05, 0) is 25.0 Å². The minimum atomic E-state index is -1.13. The summed E-state index contributed by atoms with van der Waals surface area (Å²) in [4.78, 5) is 28.4. The van der Waals surface area contributed by atoms with Crippen molar-refractivity contribution < 1.29 is 24.9 Å². The van der Waals surface area contributed by atoms with E-state index in [2.05, 4.69) is 4.98 Å². The molecule has 0 aliphatic carbocycles. The second-order valence-corrected chi connectivity index (χ2v) is 4.18.